The van der Waals surface area contributed by atoms with Crippen molar-refractivity contribution in [1.82, 2.24) is 9.78 Å². The molecular formula is C24H22N4O5S. The number of aromatic hydroxyl groups is 1. The third-order valence-electron chi connectivity index (χ3n) is 5.50. The van der Waals surface area contributed by atoms with E-state index in [1.165, 1.54) is 28.9 Å². The highest BCUT2D eigenvalue weighted by Gasteiger charge is 2.15. The Labute approximate surface area is 195 Å². The first-order chi connectivity index (χ1) is 16.1. The molecule has 0 saturated carbocycles. The fraction of sp³-hybridized carbons (Fsp3) is 0.125. The van der Waals surface area contributed by atoms with Crippen molar-refractivity contribution in [1.29, 1.82) is 0 Å². The number of phenols is 1. The number of hydrogen-bond acceptors (Lipinski definition) is 6. The van der Waals surface area contributed by atoms with E-state index in [0.29, 0.717) is 22.5 Å². The number of rotatable bonds is 5. The quantitative estimate of drug-likeness (QED) is 0.270. The van der Waals surface area contributed by atoms with Crippen LogP contribution in [0.2, 0.25) is 0 Å². The van der Waals surface area contributed by atoms with E-state index in [9.17, 15) is 22.9 Å². The monoisotopic (exact) mass is 478 g/mol. The van der Waals surface area contributed by atoms with Gasteiger partial charge in [0.05, 0.1) is 16.3 Å². The summed E-state index contributed by atoms with van der Waals surface area (Å²) < 4.78 is 33.6. The number of hydrogen-bond donors (Lipinski definition) is 3. The Hall–Kier alpha value is -4.02. The largest absolute Gasteiger partial charge is 0.505 e. The lowest BCUT2D eigenvalue weighted by molar-refractivity contribution is 0.477. The molecule has 34 heavy (non-hydrogen) atoms. The number of nitrogens with one attached hydrogen (secondary N) is 1. The highest BCUT2D eigenvalue weighted by molar-refractivity contribution is 7.85. The third-order valence-corrected chi connectivity index (χ3v) is 6.35. The normalized spacial score (nSPS) is 11.9. The van der Waals surface area contributed by atoms with Crippen molar-refractivity contribution in [3.05, 3.63) is 87.8 Å². The summed E-state index contributed by atoms with van der Waals surface area (Å²) in [6.07, 6.45) is 0. The topological polar surface area (TPSA) is 137 Å². The highest BCUT2D eigenvalue weighted by atomic mass is 32.2. The van der Waals surface area contributed by atoms with E-state index < -0.39 is 10.1 Å². The molecule has 1 aromatic heterocycles. The predicted octanol–water partition coefficient (Wildman–Crippen LogP) is 5.13. The van der Waals surface area contributed by atoms with Gasteiger partial charge in [-0.25, -0.2) is 4.68 Å². The van der Waals surface area contributed by atoms with Gasteiger partial charge in [0.1, 0.15) is 5.69 Å². The van der Waals surface area contributed by atoms with Gasteiger partial charge in [-0.2, -0.15) is 8.42 Å². The van der Waals surface area contributed by atoms with Gasteiger partial charge in [-0.05, 0) is 67.8 Å². The van der Waals surface area contributed by atoms with Crippen molar-refractivity contribution in [3.8, 4) is 22.6 Å². The molecule has 3 N–H and O–H groups in total. The first-order valence-electron chi connectivity index (χ1n) is 10.3. The Kier molecular flexibility index (Phi) is 5.94. The zero-order valence-electron chi connectivity index (χ0n) is 18.6. The van der Waals surface area contributed by atoms with Gasteiger partial charge in [0.2, 0.25) is 0 Å². The molecule has 0 aliphatic carbocycles. The third kappa shape index (κ3) is 4.41. The number of azo groups is 1. The van der Waals surface area contributed by atoms with Crippen molar-refractivity contribution in [2.24, 2.45) is 10.2 Å². The second-order valence-corrected chi connectivity index (χ2v) is 9.29. The number of aromatic amines is 1. The molecule has 174 valence electrons. The molecule has 4 aromatic rings. The highest BCUT2D eigenvalue weighted by Crippen LogP contribution is 2.38. The lowest BCUT2D eigenvalue weighted by atomic mass is 10.0. The number of benzene rings is 3. The maximum Gasteiger partial charge on any atom is 0.299 e. The molecule has 0 saturated heterocycles. The first kappa shape index (κ1) is 23.1. The Morgan fingerprint density at radius 1 is 0.912 bits per heavy atom. The van der Waals surface area contributed by atoms with Crippen LogP contribution in [-0.2, 0) is 10.1 Å². The minimum atomic E-state index is -4.40. The average Bonchev–Trinajstić information content (AvgIpc) is 3.08. The molecule has 0 bridgehead atoms. The molecule has 10 heteroatoms. The molecule has 0 unspecified atom stereocenters. The SMILES string of the molecule is Cc1ccc(-n2[nH]c(C)c(N=Nc3cccc(-c4cccc(S(=O)(=O)O)c4)c3O)c2=O)cc1C. The Balaban J connectivity index is 1.72. The Morgan fingerprint density at radius 2 is 1.65 bits per heavy atom. The first-order valence-corrected chi connectivity index (χ1v) is 11.7. The van der Waals surface area contributed by atoms with Crippen LogP contribution in [0.15, 0.2) is 80.6 Å². The van der Waals surface area contributed by atoms with E-state index >= 15 is 0 Å². The molecule has 1 heterocycles. The fourth-order valence-corrected chi connectivity index (χ4v) is 4.00. The van der Waals surface area contributed by atoms with E-state index in [0.717, 1.165) is 11.1 Å². The summed E-state index contributed by atoms with van der Waals surface area (Å²) >= 11 is 0. The van der Waals surface area contributed by atoms with Crippen LogP contribution >= 0.6 is 0 Å². The fourth-order valence-electron chi connectivity index (χ4n) is 3.47. The van der Waals surface area contributed by atoms with Crippen LogP contribution < -0.4 is 5.56 Å². The molecule has 0 radical (unpaired) electrons. The van der Waals surface area contributed by atoms with Crippen LogP contribution in [0.4, 0.5) is 11.4 Å². The molecule has 0 amide bonds. The number of H-pyrrole nitrogens is 1. The maximum absolute atomic E-state index is 12.9. The van der Waals surface area contributed by atoms with E-state index in [4.69, 9.17) is 0 Å². The van der Waals surface area contributed by atoms with Crippen molar-refractivity contribution in [2.75, 3.05) is 0 Å². The second-order valence-electron chi connectivity index (χ2n) is 7.87. The summed E-state index contributed by atoms with van der Waals surface area (Å²) in [5.74, 6) is -0.249. The average molecular weight is 479 g/mol. The number of nitrogens with zero attached hydrogens (tertiary/aromatic N) is 3. The van der Waals surface area contributed by atoms with Gasteiger partial charge in [0, 0.05) is 5.56 Å². The zero-order valence-corrected chi connectivity index (χ0v) is 19.5. The number of aromatic nitrogens is 2. The molecule has 9 nitrogen and oxygen atoms in total. The molecular weight excluding hydrogens is 456 g/mol. The van der Waals surface area contributed by atoms with Gasteiger partial charge in [-0.1, -0.05) is 30.3 Å². The standard InChI is InChI=1S/C24H22N4O5S/c1-14-10-11-18(12-15(14)2)28-24(30)22(16(3)27-28)26-25-21-9-5-8-20(23(21)29)17-6-4-7-19(13-17)34(31,32)33/h4-13,27,29H,1-3H3,(H,31,32,33). The molecule has 4 rings (SSSR count). The van der Waals surface area contributed by atoms with Crippen molar-refractivity contribution >= 4 is 21.5 Å². The predicted molar refractivity (Wildman–Crippen MR) is 128 cm³/mol. The van der Waals surface area contributed by atoms with Gasteiger partial charge in [0.15, 0.2) is 11.4 Å². The molecule has 3 aromatic carbocycles. The maximum atomic E-state index is 12.9. The van der Waals surface area contributed by atoms with Gasteiger partial charge >= 0.3 is 0 Å². The molecule has 0 aliphatic rings. The zero-order chi connectivity index (χ0) is 24.6. The van der Waals surface area contributed by atoms with Crippen molar-refractivity contribution in [2.45, 2.75) is 25.7 Å². The summed E-state index contributed by atoms with van der Waals surface area (Å²) in [4.78, 5) is 12.6. The van der Waals surface area contributed by atoms with E-state index in [-0.39, 0.29) is 27.6 Å². The molecule has 0 fully saturated rings. The van der Waals surface area contributed by atoms with Crippen molar-refractivity contribution in [3.63, 3.8) is 0 Å². The van der Waals surface area contributed by atoms with Gasteiger partial charge in [-0.15, -0.1) is 10.2 Å². The summed E-state index contributed by atoms with van der Waals surface area (Å²) in [7, 11) is -4.40. The molecule has 0 aliphatic heterocycles. The lowest BCUT2D eigenvalue weighted by Crippen LogP contribution is -2.14. The van der Waals surface area contributed by atoms with Crippen LogP contribution in [0, 0.1) is 20.8 Å². The van der Waals surface area contributed by atoms with Crippen LogP contribution in [0.3, 0.4) is 0 Å². The molecule has 0 atom stereocenters. The second kappa shape index (κ2) is 8.73. The summed E-state index contributed by atoms with van der Waals surface area (Å²) in [5.41, 5.74) is 3.77. The number of phenolic OH excluding ortho intramolecular Hbond substituents is 1. The van der Waals surface area contributed by atoms with Crippen LogP contribution in [0.25, 0.3) is 16.8 Å². The number of para-hydroxylation sites is 1. The number of aryl methyl sites for hydroxylation is 3. The van der Waals surface area contributed by atoms with Crippen LogP contribution in [0.5, 0.6) is 5.75 Å². The summed E-state index contributed by atoms with van der Waals surface area (Å²) in [6, 6.07) is 15.9. The van der Waals surface area contributed by atoms with Crippen LogP contribution in [-0.4, -0.2) is 27.9 Å². The van der Waals surface area contributed by atoms with Crippen molar-refractivity contribution < 1.29 is 18.1 Å². The van der Waals surface area contributed by atoms with E-state index in [2.05, 4.69) is 15.3 Å². The summed E-state index contributed by atoms with van der Waals surface area (Å²) in [6.45, 7) is 5.65. The molecule has 0 spiro atoms. The van der Waals surface area contributed by atoms with E-state index in [1.54, 1.807) is 25.1 Å². The minimum absolute atomic E-state index is 0.0903. The van der Waals surface area contributed by atoms with Gasteiger partial charge in [0.25, 0.3) is 15.7 Å². The van der Waals surface area contributed by atoms with Crippen LogP contribution in [0.1, 0.15) is 16.8 Å². The van der Waals surface area contributed by atoms with Gasteiger partial charge in [-0.3, -0.25) is 14.4 Å². The minimum Gasteiger partial charge on any atom is -0.505 e. The summed E-state index contributed by atoms with van der Waals surface area (Å²) in [5, 5.41) is 21.9. The smallest absolute Gasteiger partial charge is 0.299 e. The Morgan fingerprint density at radius 3 is 2.35 bits per heavy atom. The lowest BCUT2D eigenvalue weighted by Gasteiger charge is -2.07. The Bertz CT molecular complexity index is 1600. The van der Waals surface area contributed by atoms with Gasteiger partial charge < -0.3 is 5.11 Å². The van der Waals surface area contributed by atoms with E-state index in [1.807, 2.05) is 32.0 Å².